The minimum absolute atomic E-state index is 0.114. The highest BCUT2D eigenvalue weighted by atomic mass is 19.1. The first-order valence-corrected chi connectivity index (χ1v) is 9.35. The molecule has 0 aliphatic carbocycles. The molecule has 1 aliphatic rings. The van der Waals surface area contributed by atoms with Crippen LogP contribution in [0.3, 0.4) is 0 Å². The van der Waals surface area contributed by atoms with Crippen molar-refractivity contribution in [3.63, 3.8) is 0 Å². The molecule has 0 unspecified atom stereocenters. The van der Waals surface area contributed by atoms with E-state index in [-0.39, 0.29) is 23.2 Å². The summed E-state index contributed by atoms with van der Waals surface area (Å²) >= 11 is 0. The van der Waals surface area contributed by atoms with Crippen LogP contribution in [0.2, 0.25) is 0 Å². The molecule has 5 nitrogen and oxygen atoms in total. The van der Waals surface area contributed by atoms with Gasteiger partial charge in [0.1, 0.15) is 0 Å². The van der Waals surface area contributed by atoms with E-state index < -0.39 is 5.82 Å². The zero-order valence-corrected chi connectivity index (χ0v) is 16.5. The minimum atomic E-state index is -0.467. The van der Waals surface area contributed by atoms with Crippen LogP contribution in [0.1, 0.15) is 11.1 Å². The highest BCUT2D eigenvalue weighted by Gasteiger charge is 2.20. The Kier molecular flexibility index (Phi) is 6.82. The van der Waals surface area contributed by atoms with Gasteiger partial charge in [0.2, 0.25) is 5.91 Å². The molecule has 2 aromatic carbocycles. The van der Waals surface area contributed by atoms with Crippen LogP contribution in [0.5, 0.6) is 11.5 Å². The fraction of sp³-hybridized carbons (Fsp3) is 0.318. The number of halogens is 2. The van der Waals surface area contributed by atoms with Crippen molar-refractivity contribution in [2.24, 2.45) is 0 Å². The monoisotopic (exact) mass is 402 g/mol. The van der Waals surface area contributed by atoms with Crippen LogP contribution in [-0.4, -0.2) is 56.1 Å². The second-order valence-corrected chi connectivity index (χ2v) is 6.80. The first-order valence-electron chi connectivity index (χ1n) is 9.35. The van der Waals surface area contributed by atoms with Gasteiger partial charge in [-0.05, 0) is 41.5 Å². The van der Waals surface area contributed by atoms with Crippen LogP contribution < -0.4 is 9.47 Å². The van der Waals surface area contributed by atoms with Gasteiger partial charge < -0.3 is 14.4 Å². The second-order valence-electron chi connectivity index (χ2n) is 6.80. The van der Waals surface area contributed by atoms with Crippen molar-refractivity contribution >= 4 is 12.0 Å². The Balaban J connectivity index is 1.51. The van der Waals surface area contributed by atoms with E-state index in [1.54, 1.807) is 23.1 Å². The molecule has 154 valence electrons. The highest BCUT2D eigenvalue weighted by molar-refractivity contribution is 5.91. The maximum absolute atomic E-state index is 13.8. The van der Waals surface area contributed by atoms with Gasteiger partial charge in [0.25, 0.3) is 0 Å². The highest BCUT2D eigenvalue weighted by Crippen LogP contribution is 2.20. The molecule has 2 aromatic rings. The predicted octanol–water partition coefficient (Wildman–Crippen LogP) is 3.34. The zero-order valence-electron chi connectivity index (χ0n) is 16.5. The zero-order chi connectivity index (χ0) is 20.8. The number of carbonyl (C=O) groups is 1. The van der Waals surface area contributed by atoms with Crippen molar-refractivity contribution in [3.8, 4) is 11.5 Å². The summed E-state index contributed by atoms with van der Waals surface area (Å²) in [5.74, 6) is -0.560. The van der Waals surface area contributed by atoms with Crippen molar-refractivity contribution in [2.75, 3.05) is 40.4 Å². The van der Waals surface area contributed by atoms with Gasteiger partial charge in [-0.15, -0.1) is 0 Å². The number of methoxy groups -OCH3 is 2. The van der Waals surface area contributed by atoms with Crippen molar-refractivity contribution in [1.82, 2.24) is 9.80 Å². The van der Waals surface area contributed by atoms with Crippen LogP contribution in [-0.2, 0) is 11.3 Å². The molecule has 0 bridgehead atoms. The smallest absolute Gasteiger partial charge is 0.246 e. The number of hydrogen-bond acceptors (Lipinski definition) is 4. The molecule has 0 radical (unpaired) electrons. The summed E-state index contributed by atoms with van der Waals surface area (Å²) in [5, 5.41) is 0. The Morgan fingerprint density at radius 3 is 2.17 bits per heavy atom. The molecule has 1 saturated heterocycles. The summed E-state index contributed by atoms with van der Waals surface area (Å²) in [5.41, 5.74) is 1.46. The number of amides is 1. The number of ether oxygens (including phenoxy) is 2. The Morgan fingerprint density at radius 2 is 1.59 bits per heavy atom. The predicted molar refractivity (Wildman–Crippen MR) is 107 cm³/mol. The summed E-state index contributed by atoms with van der Waals surface area (Å²) in [4.78, 5) is 16.3. The average Bonchev–Trinajstić information content (AvgIpc) is 2.73. The van der Waals surface area contributed by atoms with Crippen LogP contribution >= 0.6 is 0 Å². The molecular formula is C22H24F2N2O3. The molecule has 1 heterocycles. The van der Waals surface area contributed by atoms with E-state index in [2.05, 4.69) is 4.90 Å². The first kappa shape index (κ1) is 20.8. The maximum atomic E-state index is 13.8. The molecule has 0 N–H and O–H groups in total. The lowest BCUT2D eigenvalue weighted by Gasteiger charge is -2.34. The van der Waals surface area contributed by atoms with Crippen molar-refractivity contribution in [2.45, 2.75) is 6.54 Å². The molecule has 1 aliphatic heterocycles. The minimum Gasteiger partial charge on any atom is -0.494 e. The maximum Gasteiger partial charge on any atom is 0.246 e. The number of carbonyl (C=O) groups excluding carboxylic acids is 1. The second kappa shape index (κ2) is 9.52. The fourth-order valence-electron chi connectivity index (χ4n) is 3.25. The molecule has 29 heavy (non-hydrogen) atoms. The third kappa shape index (κ3) is 5.32. The molecule has 7 heteroatoms. The van der Waals surface area contributed by atoms with Gasteiger partial charge >= 0.3 is 0 Å². The lowest BCUT2D eigenvalue weighted by molar-refractivity contribution is -0.127. The largest absolute Gasteiger partial charge is 0.494 e. The molecular weight excluding hydrogens is 378 g/mol. The van der Waals surface area contributed by atoms with Gasteiger partial charge in [0.15, 0.2) is 23.1 Å². The van der Waals surface area contributed by atoms with E-state index in [0.717, 1.165) is 5.56 Å². The van der Waals surface area contributed by atoms with Crippen LogP contribution in [0.4, 0.5) is 8.78 Å². The number of piperazine rings is 1. The third-order valence-electron chi connectivity index (χ3n) is 4.90. The summed E-state index contributed by atoms with van der Waals surface area (Å²) in [7, 11) is 2.84. The standard InChI is InChI=1S/C22H24F2N2O3/c1-28-20-6-3-16(13-18(20)23)5-8-22(27)26-11-9-25(10-12-26)15-17-4-7-21(29-2)19(24)14-17/h3-8,13-14H,9-12,15H2,1-2H3/b8-5+. The number of nitrogens with zero attached hydrogens (tertiary/aromatic N) is 2. The summed E-state index contributed by atoms with van der Waals surface area (Å²) in [6.45, 7) is 3.18. The van der Waals surface area contributed by atoms with Gasteiger partial charge in [0, 0.05) is 38.8 Å². The van der Waals surface area contributed by atoms with E-state index >= 15 is 0 Å². The number of hydrogen-bond donors (Lipinski definition) is 0. The van der Waals surface area contributed by atoms with Crippen molar-refractivity contribution in [1.29, 1.82) is 0 Å². The molecule has 0 aromatic heterocycles. The molecule has 1 fully saturated rings. The van der Waals surface area contributed by atoms with Gasteiger partial charge in [-0.3, -0.25) is 9.69 Å². The summed E-state index contributed by atoms with van der Waals surface area (Å²) in [6, 6.07) is 9.49. The normalized spacial score (nSPS) is 15.0. The fourth-order valence-corrected chi connectivity index (χ4v) is 3.25. The van der Waals surface area contributed by atoms with Crippen LogP contribution in [0.15, 0.2) is 42.5 Å². The Hall–Kier alpha value is -2.93. The van der Waals surface area contributed by atoms with Gasteiger partial charge in [-0.25, -0.2) is 8.78 Å². The van der Waals surface area contributed by atoms with E-state index in [9.17, 15) is 13.6 Å². The SMILES string of the molecule is COc1ccc(/C=C/C(=O)N2CCN(Cc3ccc(OC)c(F)c3)CC2)cc1F. The Labute approximate surface area is 169 Å². The Bertz CT molecular complexity index is 894. The van der Waals surface area contributed by atoms with E-state index in [0.29, 0.717) is 38.3 Å². The van der Waals surface area contributed by atoms with E-state index in [1.807, 2.05) is 6.07 Å². The van der Waals surface area contributed by atoms with Gasteiger partial charge in [-0.2, -0.15) is 0 Å². The average molecular weight is 402 g/mol. The molecule has 0 saturated carbocycles. The quantitative estimate of drug-likeness (QED) is 0.695. The molecule has 0 atom stereocenters. The first-order chi connectivity index (χ1) is 14.0. The topological polar surface area (TPSA) is 42.0 Å². The summed E-state index contributed by atoms with van der Waals surface area (Å²) < 4.78 is 37.4. The lowest BCUT2D eigenvalue weighted by Crippen LogP contribution is -2.47. The van der Waals surface area contributed by atoms with E-state index in [4.69, 9.17) is 9.47 Å². The Morgan fingerprint density at radius 1 is 0.966 bits per heavy atom. The molecule has 0 spiro atoms. The van der Waals surface area contributed by atoms with Gasteiger partial charge in [0.05, 0.1) is 14.2 Å². The van der Waals surface area contributed by atoms with Crippen molar-refractivity contribution < 1.29 is 23.0 Å². The molecule has 1 amide bonds. The third-order valence-corrected chi connectivity index (χ3v) is 4.90. The van der Waals surface area contributed by atoms with Crippen molar-refractivity contribution in [3.05, 3.63) is 65.2 Å². The number of benzene rings is 2. The molecule has 3 rings (SSSR count). The van der Waals surface area contributed by atoms with Gasteiger partial charge in [-0.1, -0.05) is 12.1 Å². The van der Waals surface area contributed by atoms with E-state index in [1.165, 1.54) is 38.5 Å². The number of rotatable bonds is 6. The summed E-state index contributed by atoms with van der Waals surface area (Å²) in [6.07, 6.45) is 3.05. The van der Waals surface area contributed by atoms with Crippen LogP contribution in [0, 0.1) is 11.6 Å². The lowest BCUT2D eigenvalue weighted by atomic mass is 10.1. The van der Waals surface area contributed by atoms with Crippen LogP contribution in [0.25, 0.3) is 6.08 Å².